The van der Waals surface area contributed by atoms with Gasteiger partial charge in [-0.25, -0.2) is 20.0 Å². The molecule has 4 aromatic heterocycles. The third-order valence-corrected chi connectivity index (χ3v) is 7.69. The van der Waals surface area contributed by atoms with Gasteiger partial charge in [-0.3, -0.25) is 27.9 Å². The number of rotatable bonds is 9. The van der Waals surface area contributed by atoms with E-state index in [-0.39, 0.29) is 48.0 Å². The number of nitrogens with zero attached hydrogens (tertiary/aromatic N) is 9. The molecule has 4 heterocycles. The van der Waals surface area contributed by atoms with Crippen molar-refractivity contribution in [1.82, 2.24) is 37.4 Å². The van der Waals surface area contributed by atoms with Gasteiger partial charge in [0.05, 0.1) is 13.1 Å². The van der Waals surface area contributed by atoms with Crippen LogP contribution < -0.4 is 32.7 Å². The Balaban J connectivity index is 1.46. The fourth-order valence-corrected chi connectivity index (χ4v) is 5.18. The topological polar surface area (TPSA) is 177 Å². The highest BCUT2D eigenvalue weighted by Crippen LogP contribution is 2.19. The monoisotopic (exact) mass is 656 g/mol. The van der Waals surface area contributed by atoms with Gasteiger partial charge in [-0.2, -0.15) is 10.1 Å². The standard InChI is InChI=1S/C26H29BrN10O6/c1-14-8-6-7-9-16(14)43-13-15(38)12-37-18-20(33(3)26(42)35(5)22(18)40)30-24(37)31-28-10-11-36-17-19(29-23(36)27)32(2)25(41)34(4)21(17)39/h6-10,15,38H,11-13H2,1-5H3,(H,30,31)/b28-10-/t15-/m1/s1. The molecule has 0 aliphatic heterocycles. The van der Waals surface area contributed by atoms with E-state index >= 15 is 0 Å². The molecule has 17 heteroatoms. The van der Waals surface area contributed by atoms with Crippen LogP contribution in [-0.4, -0.2) is 61.4 Å². The van der Waals surface area contributed by atoms with E-state index < -0.39 is 28.6 Å². The van der Waals surface area contributed by atoms with Gasteiger partial charge in [-0.15, -0.1) is 0 Å². The van der Waals surface area contributed by atoms with Crippen LogP contribution in [0.25, 0.3) is 22.3 Å². The number of para-hydroxylation sites is 1. The summed E-state index contributed by atoms with van der Waals surface area (Å²) in [5, 5.41) is 15.1. The number of hydrazone groups is 1. The molecule has 2 N–H and O–H groups in total. The van der Waals surface area contributed by atoms with Crippen molar-refractivity contribution < 1.29 is 9.84 Å². The molecule has 5 aromatic rings. The zero-order chi connectivity index (χ0) is 31.2. The minimum Gasteiger partial charge on any atom is -0.491 e. The Morgan fingerprint density at radius 2 is 1.51 bits per heavy atom. The van der Waals surface area contributed by atoms with E-state index in [1.807, 2.05) is 25.1 Å². The van der Waals surface area contributed by atoms with E-state index in [2.05, 4.69) is 36.4 Å². The summed E-state index contributed by atoms with van der Waals surface area (Å²) in [6, 6.07) is 7.38. The van der Waals surface area contributed by atoms with Crippen LogP contribution >= 0.6 is 15.9 Å². The van der Waals surface area contributed by atoms with Crippen LogP contribution in [0, 0.1) is 6.92 Å². The third kappa shape index (κ3) is 5.20. The Bertz CT molecular complexity index is 2150. The van der Waals surface area contributed by atoms with E-state index in [1.54, 1.807) is 6.07 Å². The number of halogens is 1. The lowest BCUT2D eigenvalue weighted by molar-refractivity contribution is 0.0935. The van der Waals surface area contributed by atoms with Gasteiger partial charge in [-0.05, 0) is 34.5 Å². The van der Waals surface area contributed by atoms with E-state index in [9.17, 15) is 24.3 Å². The summed E-state index contributed by atoms with van der Waals surface area (Å²) in [5.74, 6) is 0.707. The third-order valence-electron chi connectivity index (χ3n) is 7.09. The van der Waals surface area contributed by atoms with E-state index in [0.29, 0.717) is 10.5 Å². The summed E-state index contributed by atoms with van der Waals surface area (Å²) in [6.07, 6.45) is 0.384. The molecule has 1 aromatic carbocycles. The number of fused-ring (bicyclic) bond motifs is 2. The van der Waals surface area contributed by atoms with Crippen molar-refractivity contribution in [1.29, 1.82) is 0 Å². The molecule has 0 saturated heterocycles. The maximum atomic E-state index is 13.1. The SMILES string of the molecule is Cc1ccccc1OC[C@H](O)Cn1c(N/N=C\Cn2c(Br)nc3c2c(=O)n(C)c(=O)n3C)nc2c1c(=O)n(C)c(=O)n2C. The van der Waals surface area contributed by atoms with Crippen LogP contribution in [0.15, 0.2) is 53.3 Å². The molecule has 0 spiro atoms. The number of aliphatic hydroxyl groups excluding tert-OH is 1. The fraction of sp³-hybridized carbons (Fsp3) is 0.346. The van der Waals surface area contributed by atoms with E-state index in [4.69, 9.17) is 4.74 Å². The first-order valence-corrected chi connectivity index (χ1v) is 13.8. The maximum absolute atomic E-state index is 13.1. The molecule has 0 bridgehead atoms. The first-order valence-electron chi connectivity index (χ1n) is 13.0. The lowest BCUT2D eigenvalue weighted by Gasteiger charge is -2.16. The van der Waals surface area contributed by atoms with Crippen molar-refractivity contribution in [2.45, 2.75) is 26.1 Å². The number of benzene rings is 1. The quantitative estimate of drug-likeness (QED) is 0.123. The van der Waals surface area contributed by atoms with Crippen LogP contribution in [0.3, 0.4) is 0 Å². The van der Waals surface area contributed by atoms with Gasteiger partial charge in [0.2, 0.25) is 5.95 Å². The predicted molar refractivity (Wildman–Crippen MR) is 163 cm³/mol. The second kappa shape index (κ2) is 11.5. The number of hydrogen-bond donors (Lipinski definition) is 2. The molecule has 0 fully saturated rings. The number of aliphatic hydroxyl groups is 1. The highest BCUT2D eigenvalue weighted by molar-refractivity contribution is 9.10. The van der Waals surface area contributed by atoms with Gasteiger partial charge in [0.1, 0.15) is 18.5 Å². The largest absolute Gasteiger partial charge is 0.491 e. The van der Waals surface area contributed by atoms with Crippen molar-refractivity contribution >= 4 is 50.4 Å². The van der Waals surface area contributed by atoms with E-state index in [1.165, 1.54) is 52.7 Å². The average Bonchev–Trinajstić information content (AvgIpc) is 3.51. The normalized spacial score (nSPS) is 12.5. The Hall–Kier alpha value is -4.77. The molecule has 1 atom stereocenters. The number of aryl methyl sites for hydroxylation is 3. The van der Waals surface area contributed by atoms with Gasteiger partial charge in [0.15, 0.2) is 27.1 Å². The van der Waals surface area contributed by atoms with Gasteiger partial charge in [0.25, 0.3) is 11.1 Å². The molecular weight excluding hydrogens is 628 g/mol. The molecule has 16 nitrogen and oxygen atoms in total. The number of anilines is 1. The predicted octanol–water partition coefficient (Wildman–Crippen LogP) is -0.210. The summed E-state index contributed by atoms with van der Waals surface area (Å²) < 4.78 is 13.5. The summed E-state index contributed by atoms with van der Waals surface area (Å²) in [5.41, 5.74) is 2.11. The number of imidazole rings is 2. The summed E-state index contributed by atoms with van der Waals surface area (Å²) in [6.45, 7) is 1.79. The zero-order valence-electron chi connectivity index (χ0n) is 24.0. The highest BCUT2D eigenvalue weighted by Gasteiger charge is 2.22. The molecule has 0 amide bonds. The zero-order valence-corrected chi connectivity index (χ0v) is 25.6. The molecule has 43 heavy (non-hydrogen) atoms. The van der Waals surface area contributed by atoms with Gasteiger partial charge in [0, 0.05) is 34.4 Å². The van der Waals surface area contributed by atoms with Gasteiger partial charge < -0.3 is 19.0 Å². The van der Waals surface area contributed by atoms with Crippen LogP contribution in [0.1, 0.15) is 5.56 Å². The summed E-state index contributed by atoms with van der Waals surface area (Å²) in [4.78, 5) is 59.5. The van der Waals surface area contributed by atoms with Crippen molar-refractivity contribution in [2.75, 3.05) is 12.0 Å². The second-order valence-electron chi connectivity index (χ2n) is 9.95. The number of ether oxygens (including phenoxy) is 1. The van der Waals surface area contributed by atoms with Crippen LogP contribution in [0.4, 0.5) is 5.95 Å². The number of aromatic nitrogens is 8. The van der Waals surface area contributed by atoms with Gasteiger partial charge in [-0.1, -0.05) is 18.2 Å². The maximum Gasteiger partial charge on any atom is 0.332 e. The lowest BCUT2D eigenvalue weighted by atomic mass is 10.2. The van der Waals surface area contributed by atoms with Crippen LogP contribution in [0.5, 0.6) is 5.75 Å². The first kappa shape index (κ1) is 29.7. The molecule has 5 rings (SSSR count). The highest BCUT2D eigenvalue weighted by atomic mass is 79.9. The first-order chi connectivity index (χ1) is 20.4. The fourth-order valence-electron chi connectivity index (χ4n) is 4.69. The van der Waals surface area contributed by atoms with Crippen LogP contribution in [-0.2, 0) is 41.3 Å². The minimum absolute atomic E-state index is 0.0709. The molecule has 0 radical (unpaired) electrons. The smallest absolute Gasteiger partial charge is 0.332 e. The Kier molecular flexibility index (Phi) is 7.94. The number of hydrogen-bond acceptors (Lipinski definition) is 10. The average molecular weight is 657 g/mol. The molecule has 0 aliphatic carbocycles. The molecule has 0 saturated carbocycles. The molecular formula is C26H29BrN10O6. The lowest BCUT2D eigenvalue weighted by Crippen LogP contribution is -2.38. The van der Waals surface area contributed by atoms with Crippen molar-refractivity contribution in [3.8, 4) is 5.75 Å². The Labute approximate surface area is 250 Å². The number of nitrogens with one attached hydrogen (secondary N) is 1. The Morgan fingerprint density at radius 1 is 0.930 bits per heavy atom. The van der Waals surface area contributed by atoms with Crippen molar-refractivity contribution in [3.05, 3.63) is 76.2 Å². The summed E-state index contributed by atoms with van der Waals surface area (Å²) >= 11 is 3.33. The molecule has 0 unspecified atom stereocenters. The van der Waals surface area contributed by atoms with Crippen LogP contribution in [0.2, 0.25) is 0 Å². The summed E-state index contributed by atoms with van der Waals surface area (Å²) in [7, 11) is 5.75. The second-order valence-corrected chi connectivity index (χ2v) is 10.7. The van der Waals surface area contributed by atoms with Gasteiger partial charge >= 0.3 is 11.4 Å². The molecule has 226 valence electrons. The van der Waals surface area contributed by atoms with E-state index in [0.717, 1.165) is 14.7 Å². The van der Waals surface area contributed by atoms with Crippen molar-refractivity contribution in [3.63, 3.8) is 0 Å². The minimum atomic E-state index is -1.06. The Morgan fingerprint density at radius 3 is 2.14 bits per heavy atom. The van der Waals surface area contributed by atoms with Crippen molar-refractivity contribution in [2.24, 2.45) is 33.3 Å². The molecule has 0 aliphatic rings.